The molecule has 0 aliphatic carbocycles. The highest BCUT2D eigenvalue weighted by atomic mass is 35.5. The maximum atomic E-state index is 11.3. The van der Waals surface area contributed by atoms with Crippen LogP contribution in [0.25, 0.3) is 6.08 Å². The van der Waals surface area contributed by atoms with E-state index in [0.717, 1.165) is 6.08 Å². The van der Waals surface area contributed by atoms with Crippen LogP contribution in [0.5, 0.6) is 0 Å². The van der Waals surface area contributed by atoms with E-state index in [1.54, 1.807) is 18.2 Å². The van der Waals surface area contributed by atoms with Crippen LogP contribution in [0.1, 0.15) is 5.56 Å². The van der Waals surface area contributed by atoms with Crippen LogP contribution in [0.2, 0.25) is 10.0 Å². The van der Waals surface area contributed by atoms with Gasteiger partial charge >= 0.3 is 5.97 Å². The molecule has 1 aromatic rings. The molecule has 0 heterocycles. The predicted molar refractivity (Wildman–Crippen MR) is 70.5 cm³/mol. The summed E-state index contributed by atoms with van der Waals surface area (Å²) >= 11 is 11.8. The van der Waals surface area contributed by atoms with Gasteiger partial charge in [-0.1, -0.05) is 29.3 Å². The average Bonchev–Trinajstić information content (AvgIpc) is 2.35. The van der Waals surface area contributed by atoms with Crippen LogP contribution in [0, 0.1) is 0 Å². The fourth-order valence-electron chi connectivity index (χ4n) is 1.08. The number of hydrogen-bond donors (Lipinski definition) is 1. The molecular weight excluding hydrogens is 277 g/mol. The lowest BCUT2D eigenvalue weighted by molar-refractivity contribution is -0.143. The van der Waals surface area contributed by atoms with Crippen molar-refractivity contribution >= 4 is 41.2 Å². The first-order chi connectivity index (χ1) is 8.54. The molecule has 6 heteroatoms. The fourth-order valence-corrected chi connectivity index (χ4v) is 1.60. The molecule has 1 aromatic carbocycles. The van der Waals surface area contributed by atoms with Crippen molar-refractivity contribution in [1.29, 1.82) is 0 Å². The van der Waals surface area contributed by atoms with Gasteiger partial charge in [0.2, 0.25) is 0 Å². The molecule has 0 spiro atoms. The normalized spacial score (nSPS) is 10.4. The van der Waals surface area contributed by atoms with Gasteiger partial charge in [0.1, 0.15) is 0 Å². The van der Waals surface area contributed by atoms with Crippen molar-refractivity contribution in [3.63, 3.8) is 0 Å². The molecule has 1 rings (SSSR count). The van der Waals surface area contributed by atoms with E-state index in [1.807, 2.05) is 0 Å². The fraction of sp³-hybridized carbons (Fsp3) is 0.167. The zero-order valence-corrected chi connectivity index (χ0v) is 11.1. The molecule has 0 radical (unpaired) electrons. The summed E-state index contributed by atoms with van der Waals surface area (Å²) in [6.07, 6.45) is 2.60. The molecule has 1 N–H and O–H groups in total. The number of carbonyl (C=O) groups excluding carboxylic acids is 2. The minimum absolute atomic E-state index is 0.323. The predicted octanol–water partition coefficient (Wildman–Crippen LogP) is 2.30. The van der Waals surface area contributed by atoms with Gasteiger partial charge in [0.25, 0.3) is 5.91 Å². The molecule has 0 fully saturated rings. The first-order valence-electron chi connectivity index (χ1n) is 5.04. The summed E-state index contributed by atoms with van der Waals surface area (Å²) in [6.45, 7) is -0.323. The summed E-state index contributed by atoms with van der Waals surface area (Å²) in [5.74, 6) is -1.03. The molecule has 4 nitrogen and oxygen atoms in total. The number of rotatable bonds is 4. The number of halogens is 2. The van der Waals surface area contributed by atoms with Gasteiger partial charge in [-0.3, -0.25) is 4.79 Å². The average molecular weight is 288 g/mol. The Balaban J connectivity index is 2.64. The van der Waals surface area contributed by atoms with E-state index in [2.05, 4.69) is 10.1 Å². The number of likely N-dealkylation sites (N-methyl/N-ethyl adjacent to an activating group) is 1. The van der Waals surface area contributed by atoms with E-state index in [1.165, 1.54) is 13.1 Å². The van der Waals surface area contributed by atoms with Crippen LogP contribution in [-0.4, -0.2) is 25.5 Å². The molecule has 0 aliphatic rings. The third-order valence-corrected chi connectivity index (χ3v) is 2.67. The first kappa shape index (κ1) is 14.5. The van der Waals surface area contributed by atoms with Crippen molar-refractivity contribution in [3.05, 3.63) is 39.9 Å². The zero-order chi connectivity index (χ0) is 13.5. The number of esters is 1. The minimum atomic E-state index is -0.644. The van der Waals surface area contributed by atoms with Gasteiger partial charge < -0.3 is 10.1 Å². The molecule has 0 aliphatic heterocycles. The molecule has 96 valence electrons. The molecule has 0 saturated carbocycles. The van der Waals surface area contributed by atoms with Crippen molar-refractivity contribution in [3.8, 4) is 0 Å². The van der Waals surface area contributed by atoms with Crippen molar-refractivity contribution in [2.45, 2.75) is 0 Å². The Bertz CT molecular complexity index is 466. The molecule has 0 bridgehead atoms. The first-order valence-corrected chi connectivity index (χ1v) is 5.79. The third-order valence-electron chi connectivity index (χ3n) is 2.01. The number of amides is 1. The lowest BCUT2D eigenvalue weighted by Gasteiger charge is -2.02. The molecule has 1 amide bonds. The smallest absolute Gasteiger partial charge is 0.331 e. The highest BCUT2D eigenvalue weighted by Gasteiger charge is 2.04. The summed E-state index contributed by atoms with van der Waals surface area (Å²) in [6, 6.07) is 5.01. The topological polar surface area (TPSA) is 55.4 Å². The van der Waals surface area contributed by atoms with Crippen molar-refractivity contribution in [2.24, 2.45) is 0 Å². The van der Waals surface area contributed by atoms with E-state index in [-0.39, 0.29) is 12.5 Å². The van der Waals surface area contributed by atoms with E-state index in [0.29, 0.717) is 15.6 Å². The molecule has 18 heavy (non-hydrogen) atoms. The summed E-state index contributed by atoms with van der Waals surface area (Å²) in [7, 11) is 1.45. The van der Waals surface area contributed by atoms with Crippen molar-refractivity contribution in [1.82, 2.24) is 5.32 Å². The quantitative estimate of drug-likeness (QED) is 0.683. The van der Waals surface area contributed by atoms with Gasteiger partial charge in [-0.15, -0.1) is 0 Å². The Hall–Kier alpha value is -1.52. The van der Waals surface area contributed by atoms with Gasteiger partial charge in [0, 0.05) is 28.7 Å². The van der Waals surface area contributed by atoms with Crippen LogP contribution in [0.3, 0.4) is 0 Å². The van der Waals surface area contributed by atoms with Crippen LogP contribution in [-0.2, 0) is 14.3 Å². The maximum Gasteiger partial charge on any atom is 0.331 e. The van der Waals surface area contributed by atoms with Crippen LogP contribution in [0.4, 0.5) is 0 Å². The molecule has 0 aromatic heterocycles. The van der Waals surface area contributed by atoms with Gasteiger partial charge in [-0.25, -0.2) is 4.79 Å². The SMILES string of the molecule is CNC(=O)COC(=O)C=Cc1c(Cl)cccc1Cl. The third kappa shape index (κ3) is 4.39. The Labute approximate surface area is 115 Å². The number of hydrogen-bond acceptors (Lipinski definition) is 3. The molecule has 0 saturated heterocycles. The van der Waals surface area contributed by atoms with Crippen molar-refractivity contribution in [2.75, 3.05) is 13.7 Å². The number of ether oxygens (including phenoxy) is 1. The summed E-state index contributed by atoms with van der Waals surface area (Å²) in [4.78, 5) is 22.1. The van der Waals surface area contributed by atoms with E-state index < -0.39 is 5.97 Å². The van der Waals surface area contributed by atoms with Crippen molar-refractivity contribution < 1.29 is 14.3 Å². The summed E-state index contributed by atoms with van der Waals surface area (Å²) in [5.41, 5.74) is 0.526. The molecule has 0 unspecified atom stereocenters. The zero-order valence-electron chi connectivity index (χ0n) is 9.57. The number of benzene rings is 1. The van der Waals surface area contributed by atoms with Crippen LogP contribution < -0.4 is 5.32 Å². The van der Waals surface area contributed by atoms with Crippen LogP contribution >= 0.6 is 23.2 Å². The Morgan fingerprint density at radius 2 is 1.94 bits per heavy atom. The monoisotopic (exact) mass is 287 g/mol. The summed E-state index contributed by atoms with van der Waals surface area (Å²) < 4.78 is 4.67. The van der Waals surface area contributed by atoms with E-state index in [4.69, 9.17) is 23.2 Å². The largest absolute Gasteiger partial charge is 0.452 e. The van der Waals surface area contributed by atoms with Gasteiger partial charge in [0.05, 0.1) is 0 Å². The van der Waals surface area contributed by atoms with Crippen LogP contribution in [0.15, 0.2) is 24.3 Å². The van der Waals surface area contributed by atoms with Gasteiger partial charge in [0.15, 0.2) is 6.61 Å². The lowest BCUT2D eigenvalue weighted by atomic mass is 10.2. The second-order valence-corrected chi connectivity index (χ2v) is 4.06. The summed E-state index contributed by atoms with van der Waals surface area (Å²) in [5, 5.41) is 3.19. The molecular formula is C12H11Cl2NO3. The standard InChI is InChI=1S/C12H11Cl2NO3/c1-15-11(16)7-18-12(17)6-5-8-9(13)3-2-4-10(8)14/h2-6H,7H2,1H3,(H,15,16). The van der Waals surface area contributed by atoms with E-state index in [9.17, 15) is 9.59 Å². The molecule has 0 atom stereocenters. The number of carbonyl (C=O) groups is 2. The second-order valence-electron chi connectivity index (χ2n) is 3.25. The Kier molecular flexibility index (Phi) is 5.68. The second kappa shape index (κ2) is 7.03. The van der Waals surface area contributed by atoms with Gasteiger partial charge in [-0.05, 0) is 18.2 Å². The Morgan fingerprint density at radius 1 is 1.33 bits per heavy atom. The van der Waals surface area contributed by atoms with E-state index >= 15 is 0 Å². The maximum absolute atomic E-state index is 11.3. The number of nitrogens with one attached hydrogen (secondary N) is 1. The Morgan fingerprint density at radius 3 is 2.50 bits per heavy atom. The highest BCUT2D eigenvalue weighted by molar-refractivity contribution is 6.37. The highest BCUT2D eigenvalue weighted by Crippen LogP contribution is 2.25. The minimum Gasteiger partial charge on any atom is -0.452 e. The lowest BCUT2D eigenvalue weighted by Crippen LogP contribution is -2.24. The van der Waals surface area contributed by atoms with Gasteiger partial charge in [-0.2, -0.15) is 0 Å².